The molecule has 1 amide bonds. The molecule has 186 valence electrons. The maximum Gasteiger partial charge on any atom is 0.425 e. The Kier molecular flexibility index (Phi) is 6.88. The molecule has 0 saturated carbocycles. The van der Waals surface area contributed by atoms with Gasteiger partial charge in [0.2, 0.25) is 0 Å². The van der Waals surface area contributed by atoms with Crippen molar-refractivity contribution >= 4 is 33.7 Å². The van der Waals surface area contributed by atoms with Gasteiger partial charge in [0.1, 0.15) is 40.7 Å². The molecule has 0 unspecified atom stereocenters. The van der Waals surface area contributed by atoms with E-state index in [0.717, 1.165) is 0 Å². The molecule has 0 radical (unpaired) electrons. The van der Waals surface area contributed by atoms with Crippen molar-refractivity contribution in [1.29, 1.82) is 0 Å². The number of nitrogens with two attached hydrogens (primary N) is 1. The van der Waals surface area contributed by atoms with Gasteiger partial charge in [0.25, 0.3) is 0 Å². The second-order valence-corrected chi connectivity index (χ2v) is 11.2. The van der Waals surface area contributed by atoms with Crippen molar-refractivity contribution in [2.75, 3.05) is 11.9 Å². The highest BCUT2D eigenvalue weighted by Crippen LogP contribution is 2.39. The standard InChI is InChI=1S/C19H30ClN5O7S/c1-9-14(20)22-10(2)23-15(9)24-16-13-12(30-19(6,7)31-13)11(29-16)8-25(33(21,27)28)17(26)32-18(3,4)5/h11-13,16H,8H2,1-7H3,(H2,21,27,28)(H,22,23,24)/t11-,12-,13-,16-/m1/s1. The van der Waals surface area contributed by atoms with Crippen LogP contribution in [-0.4, -0.2) is 71.3 Å². The second kappa shape index (κ2) is 8.78. The predicted molar refractivity (Wildman–Crippen MR) is 119 cm³/mol. The summed E-state index contributed by atoms with van der Waals surface area (Å²) in [7, 11) is -4.45. The van der Waals surface area contributed by atoms with Crippen LogP contribution in [0.5, 0.6) is 0 Å². The highest BCUT2D eigenvalue weighted by molar-refractivity contribution is 7.87. The van der Waals surface area contributed by atoms with E-state index in [2.05, 4.69) is 15.3 Å². The van der Waals surface area contributed by atoms with Crippen molar-refractivity contribution in [2.45, 2.75) is 84.4 Å². The van der Waals surface area contributed by atoms with Gasteiger partial charge in [-0.25, -0.2) is 19.9 Å². The van der Waals surface area contributed by atoms with E-state index < -0.39 is 58.8 Å². The Bertz CT molecular complexity index is 1030. The molecular weight excluding hydrogens is 478 g/mol. The van der Waals surface area contributed by atoms with Gasteiger partial charge < -0.3 is 24.3 Å². The van der Waals surface area contributed by atoms with E-state index in [9.17, 15) is 13.2 Å². The minimum Gasteiger partial charge on any atom is -0.443 e. The first-order valence-corrected chi connectivity index (χ1v) is 12.2. The highest BCUT2D eigenvalue weighted by Gasteiger charge is 2.56. The molecule has 14 heteroatoms. The molecule has 12 nitrogen and oxygen atoms in total. The molecule has 2 aliphatic heterocycles. The number of nitrogens with one attached hydrogen (secondary N) is 1. The Morgan fingerprint density at radius 1 is 1.24 bits per heavy atom. The first kappa shape index (κ1) is 25.8. The smallest absolute Gasteiger partial charge is 0.425 e. The number of hydrogen-bond acceptors (Lipinski definition) is 10. The lowest BCUT2D eigenvalue weighted by atomic mass is 10.1. The topological polar surface area (TPSA) is 155 Å². The number of amides is 1. The van der Waals surface area contributed by atoms with Crippen molar-refractivity contribution < 1.29 is 32.2 Å². The van der Waals surface area contributed by atoms with Crippen LogP contribution < -0.4 is 10.5 Å². The maximum absolute atomic E-state index is 12.6. The molecule has 33 heavy (non-hydrogen) atoms. The molecule has 0 spiro atoms. The number of fused-ring (bicyclic) bond motifs is 1. The molecule has 3 rings (SSSR count). The van der Waals surface area contributed by atoms with Gasteiger partial charge in [-0.05, 0) is 48.5 Å². The lowest BCUT2D eigenvalue weighted by molar-refractivity contribution is -0.184. The molecule has 3 heterocycles. The number of carbonyl (C=O) groups is 1. The molecule has 2 saturated heterocycles. The van der Waals surface area contributed by atoms with Crippen LogP contribution >= 0.6 is 11.6 Å². The number of carbonyl (C=O) groups excluding carboxylic acids is 1. The number of aryl methyl sites for hydroxylation is 1. The number of anilines is 1. The summed E-state index contributed by atoms with van der Waals surface area (Å²) in [6.45, 7) is 11.3. The minimum atomic E-state index is -4.45. The Balaban J connectivity index is 1.87. The van der Waals surface area contributed by atoms with Crippen molar-refractivity contribution in [3.8, 4) is 0 Å². The molecule has 1 aromatic heterocycles. The van der Waals surface area contributed by atoms with E-state index in [-0.39, 0.29) is 5.15 Å². The van der Waals surface area contributed by atoms with Crippen molar-refractivity contribution in [1.82, 2.24) is 14.3 Å². The van der Waals surface area contributed by atoms with Crippen LogP contribution in [-0.2, 0) is 29.2 Å². The zero-order valence-electron chi connectivity index (χ0n) is 19.6. The van der Waals surface area contributed by atoms with Crippen LogP contribution in [0.4, 0.5) is 10.6 Å². The van der Waals surface area contributed by atoms with E-state index in [1.165, 1.54) is 0 Å². The summed E-state index contributed by atoms with van der Waals surface area (Å²) in [4.78, 5) is 21.0. The van der Waals surface area contributed by atoms with Crippen LogP contribution in [0.25, 0.3) is 0 Å². The van der Waals surface area contributed by atoms with E-state index in [4.69, 9.17) is 35.7 Å². The van der Waals surface area contributed by atoms with Crippen molar-refractivity contribution in [3.63, 3.8) is 0 Å². The van der Waals surface area contributed by atoms with Crippen LogP contribution in [0, 0.1) is 13.8 Å². The van der Waals surface area contributed by atoms with Gasteiger partial charge in [-0.2, -0.15) is 12.7 Å². The SMILES string of the molecule is Cc1nc(Cl)c(C)c(N[C@@H]2O[C@H](CN(C(=O)OC(C)(C)C)S(N)(=O)=O)[C@H]3OC(C)(C)O[C@H]32)n1. The summed E-state index contributed by atoms with van der Waals surface area (Å²) in [5.41, 5.74) is -0.330. The number of rotatable bonds is 5. The molecular formula is C19H30ClN5O7S. The fourth-order valence-electron chi connectivity index (χ4n) is 3.57. The van der Waals surface area contributed by atoms with Gasteiger partial charge in [0.05, 0.1) is 6.54 Å². The fourth-order valence-corrected chi connectivity index (χ4v) is 4.38. The molecule has 2 fully saturated rings. The van der Waals surface area contributed by atoms with Crippen LogP contribution in [0.1, 0.15) is 46.0 Å². The molecule has 0 aliphatic carbocycles. The Morgan fingerprint density at radius 3 is 2.42 bits per heavy atom. The van der Waals surface area contributed by atoms with E-state index >= 15 is 0 Å². The summed E-state index contributed by atoms with van der Waals surface area (Å²) in [5.74, 6) is -0.0849. The Hall–Kier alpha value is -1.77. The van der Waals surface area contributed by atoms with Crippen LogP contribution in [0.2, 0.25) is 5.15 Å². The van der Waals surface area contributed by atoms with Gasteiger partial charge in [-0.3, -0.25) is 0 Å². The summed E-state index contributed by atoms with van der Waals surface area (Å²) in [6, 6.07) is 0. The summed E-state index contributed by atoms with van der Waals surface area (Å²) in [5, 5.41) is 8.72. The normalized spacial score (nSPS) is 26.7. The lowest BCUT2D eigenvalue weighted by Crippen LogP contribution is -2.49. The van der Waals surface area contributed by atoms with Crippen molar-refractivity contribution in [3.05, 3.63) is 16.5 Å². The summed E-state index contributed by atoms with van der Waals surface area (Å²) in [6.07, 6.45) is -4.15. The fraction of sp³-hybridized carbons (Fsp3) is 0.737. The number of halogens is 1. The van der Waals surface area contributed by atoms with Gasteiger partial charge >= 0.3 is 16.3 Å². The average molecular weight is 508 g/mol. The van der Waals surface area contributed by atoms with Gasteiger partial charge in [0.15, 0.2) is 12.0 Å². The molecule has 2 aliphatic rings. The maximum atomic E-state index is 12.6. The molecule has 0 bridgehead atoms. The summed E-state index contributed by atoms with van der Waals surface area (Å²) >= 11 is 6.17. The third-order valence-electron chi connectivity index (χ3n) is 4.88. The monoisotopic (exact) mass is 507 g/mol. The Morgan fingerprint density at radius 2 is 1.85 bits per heavy atom. The zero-order chi connectivity index (χ0) is 24.9. The predicted octanol–water partition coefficient (Wildman–Crippen LogP) is 1.84. The third-order valence-corrected chi connectivity index (χ3v) is 6.16. The van der Waals surface area contributed by atoms with Crippen molar-refractivity contribution in [2.24, 2.45) is 5.14 Å². The number of hydrogen-bond donors (Lipinski definition) is 2. The quantitative estimate of drug-likeness (QED) is 0.564. The number of aromatic nitrogens is 2. The minimum absolute atomic E-state index is 0.283. The number of nitrogens with zero attached hydrogens (tertiary/aromatic N) is 3. The van der Waals surface area contributed by atoms with Crippen LogP contribution in [0.3, 0.4) is 0 Å². The highest BCUT2D eigenvalue weighted by atomic mass is 35.5. The van der Waals surface area contributed by atoms with Crippen LogP contribution in [0.15, 0.2) is 0 Å². The third kappa shape index (κ3) is 6.03. The number of ether oxygens (including phenoxy) is 4. The Labute approximate surface area is 198 Å². The van der Waals surface area contributed by atoms with E-state index in [1.54, 1.807) is 48.5 Å². The van der Waals surface area contributed by atoms with E-state index in [0.29, 0.717) is 21.5 Å². The average Bonchev–Trinajstić information content (AvgIpc) is 3.08. The largest absolute Gasteiger partial charge is 0.443 e. The van der Waals surface area contributed by atoms with Gasteiger partial charge in [0, 0.05) is 5.56 Å². The van der Waals surface area contributed by atoms with Gasteiger partial charge in [-0.15, -0.1) is 0 Å². The molecule has 1 aromatic rings. The first-order valence-electron chi connectivity index (χ1n) is 10.3. The van der Waals surface area contributed by atoms with E-state index in [1.807, 2.05) is 0 Å². The second-order valence-electron chi connectivity index (χ2n) is 9.40. The lowest BCUT2D eigenvalue weighted by Gasteiger charge is -2.29. The summed E-state index contributed by atoms with van der Waals surface area (Å²) < 4.78 is 48.0. The molecule has 4 atom stereocenters. The molecule has 0 aromatic carbocycles. The molecule has 3 N–H and O–H groups in total. The zero-order valence-corrected chi connectivity index (χ0v) is 21.2. The van der Waals surface area contributed by atoms with Gasteiger partial charge in [-0.1, -0.05) is 11.6 Å². The first-order chi connectivity index (χ1) is 15.0.